The fourth-order valence-corrected chi connectivity index (χ4v) is 1.64. The maximum atomic E-state index is 10.8. The van der Waals surface area contributed by atoms with Crippen LogP contribution in [0.1, 0.15) is 18.9 Å². The van der Waals surface area contributed by atoms with Crippen molar-refractivity contribution in [2.24, 2.45) is 0 Å². The number of nitriles is 1. The highest BCUT2D eigenvalue weighted by molar-refractivity contribution is 5.86. The number of nitrogens with one attached hydrogen (secondary N) is 1. The Labute approximate surface area is 112 Å². The molecule has 0 amide bonds. The normalized spacial score (nSPS) is 10.7. The molecule has 0 radical (unpaired) electrons. The van der Waals surface area contributed by atoms with E-state index in [0.717, 1.165) is 0 Å². The minimum absolute atomic E-state index is 0.324. The number of carbonyl (C=O) groups is 1. The van der Waals surface area contributed by atoms with E-state index in [9.17, 15) is 4.79 Å². The molecule has 0 aliphatic carbocycles. The lowest BCUT2D eigenvalue weighted by molar-refractivity contribution is -0.132. The molecule has 0 atom stereocenters. The number of aliphatic carboxylic acids is 1. The van der Waals surface area contributed by atoms with E-state index in [-0.39, 0.29) is 0 Å². The Kier molecular flexibility index (Phi) is 5.42. The standard InChI is InChI=1S/C14H16N2O3/c1-3-10(14(17)18)7-8-16-13-11(9-15)5-4-6-12(13)19-2/h4-7,16H,3,8H2,1-2H3,(H,17,18)/b10-7-. The van der Waals surface area contributed by atoms with Gasteiger partial charge in [-0.1, -0.05) is 19.1 Å². The molecule has 0 heterocycles. The molecule has 0 aromatic heterocycles. The van der Waals surface area contributed by atoms with Gasteiger partial charge in [0.15, 0.2) is 0 Å². The lowest BCUT2D eigenvalue weighted by atomic mass is 10.1. The van der Waals surface area contributed by atoms with Crippen LogP contribution in [0.25, 0.3) is 0 Å². The summed E-state index contributed by atoms with van der Waals surface area (Å²) in [5, 5.41) is 20.9. The average Bonchev–Trinajstić information content (AvgIpc) is 2.42. The fourth-order valence-electron chi connectivity index (χ4n) is 1.64. The van der Waals surface area contributed by atoms with Gasteiger partial charge in [0.05, 0.1) is 18.4 Å². The molecule has 100 valence electrons. The van der Waals surface area contributed by atoms with E-state index >= 15 is 0 Å². The number of nitrogens with zero attached hydrogens (tertiary/aromatic N) is 1. The van der Waals surface area contributed by atoms with E-state index in [1.54, 1.807) is 31.2 Å². The van der Waals surface area contributed by atoms with Crippen LogP contribution in [0.4, 0.5) is 5.69 Å². The summed E-state index contributed by atoms with van der Waals surface area (Å²) in [7, 11) is 1.52. The van der Waals surface area contributed by atoms with Crippen LogP contribution in [-0.4, -0.2) is 24.7 Å². The average molecular weight is 260 g/mol. The Balaban J connectivity index is 2.89. The minimum atomic E-state index is -0.926. The third kappa shape index (κ3) is 3.75. The number of carboxylic acid groups (broad SMARTS) is 1. The van der Waals surface area contributed by atoms with Gasteiger partial charge < -0.3 is 15.2 Å². The summed E-state index contributed by atoms with van der Waals surface area (Å²) in [4.78, 5) is 10.8. The van der Waals surface area contributed by atoms with Crippen molar-refractivity contribution in [2.75, 3.05) is 19.0 Å². The largest absolute Gasteiger partial charge is 0.495 e. The molecule has 0 saturated carbocycles. The van der Waals surface area contributed by atoms with Crippen molar-refractivity contribution < 1.29 is 14.6 Å². The molecule has 1 aromatic rings. The Hall–Kier alpha value is -2.48. The molecule has 1 rings (SSSR count). The number of hydrogen-bond donors (Lipinski definition) is 2. The van der Waals surface area contributed by atoms with Gasteiger partial charge in [-0.15, -0.1) is 0 Å². The van der Waals surface area contributed by atoms with Crippen LogP contribution in [0, 0.1) is 11.3 Å². The van der Waals surface area contributed by atoms with Gasteiger partial charge in [0.2, 0.25) is 0 Å². The van der Waals surface area contributed by atoms with Gasteiger partial charge in [0.25, 0.3) is 0 Å². The number of methoxy groups -OCH3 is 1. The van der Waals surface area contributed by atoms with Crippen molar-refractivity contribution in [3.8, 4) is 11.8 Å². The Morgan fingerprint density at radius 3 is 2.84 bits per heavy atom. The first-order chi connectivity index (χ1) is 9.13. The van der Waals surface area contributed by atoms with Gasteiger partial charge in [-0.05, 0) is 18.6 Å². The van der Waals surface area contributed by atoms with Crippen molar-refractivity contribution in [3.63, 3.8) is 0 Å². The second-order valence-electron chi connectivity index (χ2n) is 3.76. The van der Waals surface area contributed by atoms with E-state index < -0.39 is 5.97 Å². The molecule has 5 nitrogen and oxygen atoms in total. The van der Waals surface area contributed by atoms with Gasteiger partial charge in [-0.3, -0.25) is 0 Å². The summed E-state index contributed by atoms with van der Waals surface area (Å²) in [6.45, 7) is 2.11. The lowest BCUT2D eigenvalue weighted by Gasteiger charge is -2.11. The summed E-state index contributed by atoms with van der Waals surface area (Å²) in [6.07, 6.45) is 2.05. The van der Waals surface area contributed by atoms with Gasteiger partial charge in [-0.2, -0.15) is 5.26 Å². The maximum Gasteiger partial charge on any atom is 0.331 e. The number of hydrogen-bond acceptors (Lipinski definition) is 4. The van der Waals surface area contributed by atoms with Crippen LogP contribution in [-0.2, 0) is 4.79 Å². The number of carboxylic acids is 1. The predicted molar refractivity (Wildman–Crippen MR) is 72.2 cm³/mol. The molecule has 2 N–H and O–H groups in total. The molecule has 1 aromatic carbocycles. The quantitative estimate of drug-likeness (QED) is 0.767. The van der Waals surface area contributed by atoms with Crippen LogP contribution >= 0.6 is 0 Å². The van der Waals surface area contributed by atoms with Crippen LogP contribution in [0.2, 0.25) is 0 Å². The molecule has 19 heavy (non-hydrogen) atoms. The molecule has 0 bridgehead atoms. The Morgan fingerprint density at radius 2 is 2.32 bits per heavy atom. The third-order valence-corrected chi connectivity index (χ3v) is 2.65. The fraction of sp³-hybridized carbons (Fsp3) is 0.286. The number of anilines is 1. The third-order valence-electron chi connectivity index (χ3n) is 2.65. The van der Waals surface area contributed by atoms with E-state index in [0.29, 0.717) is 35.5 Å². The van der Waals surface area contributed by atoms with Crippen molar-refractivity contribution in [2.45, 2.75) is 13.3 Å². The highest BCUT2D eigenvalue weighted by Gasteiger charge is 2.08. The van der Waals surface area contributed by atoms with Crippen molar-refractivity contribution >= 4 is 11.7 Å². The number of rotatable bonds is 6. The van der Waals surface area contributed by atoms with Gasteiger partial charge >= 0.3 is 5.97 Å². The second kappa shape index (κ2) is 7.07. The van der Waals surface area contributed by atoms with Crippen LogP contribution in [0.5, 0.6) is 5.75 Å². The first-order valence-electron chi connectivity index (χ1n) is 5.87. The van der Waals surface area contributed by atoms with Gasteiger partial charge in [-0.25, -0.2) is 4.79 Å². The summed E-state index contributed by atoms with van der Waals surface area (Å²) < 4.78 is 5.17. The van der Waals surface area contributed by atoms with Crippen molar-refractivity contribution in [1.29, 1.82) is 5.26 Å². The number of ether oxygens (including phenoxy) is 1. The number of para-hydroxylation sites is 1. The zero-order chi connectivity index (χ0) is 14.3. The summed E-state index contributed by atoms with van der Waals surface area (Å²) >= 11 is 0. The minimum Gasteiger partial charge on any atom is -0.495 e. The Morgan fingerprint density at radius 1 is 1.58 bits per heavy atom. The Bertz CT molecular complexity index is 530. The summed E-state index contributed by atoms with van der Waals surface area (Å²) in [5.41, 5.74) is 1.37. The van der Waals surface area contributed by atoms with E-state index in [1.165, 1.54) is 7.11 Å². The van der Waals surface area contributed by atoms with Crippen LogP contribution < -0.4 is 10.1 Å². The molecular formula is C14H16N2O3. The highest BCUT2D eigenvalue weighted by atomic mass is 16.5. The van der Waals surface area contributed by atoms with E-state index in [2.05, 4.69) is 11.4 Å². The zero-order valence-electron chi connectivity index (χ0n) is 10.9. The summed E-state index contributed by atoms with van der Waals surface area (Å²) in [5.74, 6) is -0.370. The monoisotopic (exact) mass is 260 g/mol. The topological polar surface area (TPSA) is 82.3 Å². The lowest BCUT2D eigenvalue weighted by Crippen LogP contribution is -2.06. The molecule has 0 unspecified atom stereocenters. The van der Waals surface area contributed by atoms with Crippen molar-refractivity contribution in [1.82, 2.24) is 0 Å². The zero-order valence-corrected chi connectivity index (χ0v) is 10.9. The molecule has 0 aliphatic heterocycles. The smallest absolute Gasteiger partial charge is 0.331 e. The molecule has 5 heteroatoms. The molecular weight excluding hydrogens is 244 g/mol. The van der Waals surface area contributed by atoms with Gasteiger partial charge in [0, 0.05) is 12.1 Å². The first kappa shape index (κ1) is 14.6. The molecule has 0 fully saturated rings. The van der Waals surface area contributed by atoms with E-state index in [1.807, 2.05) is 0 Å². The molecule has 0 saturated heterocycles. The maximum absolute atomic E-state index is 10.8. The van der Waals surface area contributed by atoms with Crippen LogP contribution in [0.3, 0.4) is 0 Å². The highest BCUT2D eigenvalue weighted by Crippen LogP contribution is 2.27. The first-order valence-corrected chi connectivity index (χ1v) is 5.87. The summed E-state index contributed by atoms with van der Waals surface area (Å²) in [6, 6.07) is 7.21. The predicted octanol–water partition coefficient (Wildman–Crippen LogP) is 2.40. The molecule has 0 spiro atoms. The van der Waals surface area contributed by atoms with E-state index in [4.69, 9.17) is 15.1 Å². The van der Waals surface area contributed by atoms with Gasteiger partial charge in [0.1, 0.15) is 11.8 Å². The number of benzene rings is 1. The van der Waals surface area contributed by atoms with Crippen molar-refractivity contribution in [3.05, 3.63) is 35.4 Å². The molecule has 0 aliphatic rings. The second-order valence-corrected chi connectivity index (χ2v) is 3.76. The SMILES string of the molecule is CC/C(=C/CNc1c(C#N)cccc1OC)C(=O)O. The van der Waals surface area contributed by atoms with Crippen LogP contribution in [0.15, 0.2) is 29.8 Å².